The van der Waals surface area contributed by atoms with Gasteiger partial charge in [-0.05, 0) is 25.1 Å². The summed E-state index contributed by atoms with van der Waals surface area (Å²) in [7, 11) is 0. The Morgan fingerprint density at radius 1 is 1.41 bits per heavy atom. The zero-order valence-corrected chi connectivity index (χ0v) is 9.30. The molecule has 1 aliphatic heterocycles. The van der Waals surface area contributed by atoms with Crippen LogP contribution in [0.3, 0.4) is 0 Å². The minimum atomic E-state index is -0.676. The molecule has 1 saturated heterocycles. The molecule has 0 aromatic heterocycles. The molecule has 1 fully saturated rings. The van der Waals surface area contributed by atoms with Gasteiger partial charge in [0, 0.05) is 18.2 Å². The third kappa shape index (κ3) is 3.00. The highest BCUT2D eigenvalue weighted by Crippen LogP contribution is 2.12. The van der Waals surface area contributed by atoms with E-state index in [1.54, 1.807) is 0 Å². The van der Waals surface area contributed by atoms with Crippen LogP contribution in [-0.4, -0.2) is 25.0 Å². The zero-order valence-electron chi connectivity index (χ0n) is 9.30. The minimum absolute atomic E-state index is 0.0670. The fraction of sp³-hybridized carbons (Fsp3) is 0.417. The topological polar surface area (TPSA) is 41.1 Å². The Kier molecular flexibility index (Phi) is 3.68. The Morgan fingerprint density at radius 3 is 2.71 bits per heavy atom. The highest BCUT2D eigenvalue weighted by atomic mass is 19.1. The maximum Gasteiger partial charge on any atom is 0.224 e. The second-order valence-electron chi connectivity index (χ2n) is 4.13. The second kappa shape index (κ2) is 5.23. The molecule has 0 bridgehead atoms. The van der Waals surface area contributed by atoms with Crippen LogP contribution in [0.2, 0.25) is 0 Å². The van der Waals surface area contributed by atoms with Crippen molar-refractivity contribution in [1.82, 2.24) is 10.6 Å². The molecule has 1 amide bonds. The van der Waals surface area contributed by atoms with Gasteiger partial charge in [-0.2, -0.15) is 0 Å². The summed E-state index contributed by atoms with van der Waals surface area (Å²) in [6.07, 6.45) is 0.598. The number of halogens is 2. The summed E-state index contributed by atoms with van der Waals surface area (Å²) in [6.45, 7) is 1.57. The van der Waals surface area contributed by atoms with Gasteiger partial charge in [0.05, 0.1) is 6.42 Å². The Morgan fingerprint density at radius 2 is 2.12 bits per heavy atom. The van der Waals surface area contributed by atoms with E-state index in [9.17, 15) is 13.6 Å². The summed E-state index contributed by atoms with van der Waals surface area (Å²) < 4.78 is 26.6. The minimum Gasteiger partial charge on any atom is -0.352 e. The van der Waals surface area contributed by atoms with Gasteiger partial charge in [-0.1, -0.05) is 6.07 Å². The molecule has 1 aliphatic rings. The lowest BCUT2D eigenvalue weighted by atomic mass is 10.1. The summed E-state index contributed by atoms with van der Waals surface area (Å²) in [6, 6.07) is 3.66. The number of carbonyl (C=O) groups excluding carboxylic acids is 1. The predicted molar refractivity (Wildman–Crippen MR) is 59.5 cm³/mol. The van der Waals surface area contributed by atoms with Gasteiger partial charge in [0.25, 0.3) is 0 Å². The average molecular weight is 240 g/mol. The molecule has 1 atom stereocenters. The van der Waals surface area contributed by atoms with Crippen molar-refractivity contribution in [2.24, 2.45) is 0 Å². The van der Waals surface area contributed by atoms with Gasteiger partial charge in [-0.15, -0.1) is 0 Å². The van der Waals surface area contributed by atoms with E-state index in [1.807, 2.05) is 0 Å². The standard InChI is InChI=1S/C12H14F2N2O/c13-10-2-1-3-11(14)9(10)6-12(17)16-8-4-5-15-7-8/h1-3,8,15H,4-7H2,(H,16,17). The van der Waals surface area contributed by atoms with Crippen molar-refractivity contribution in [3.05, 3.63) is 35.4 Å². The SMILES string of the molecule is O=C(Cc1c(F)cccc1F)NC1CCNC1. The van der Waals surface area contributed by atoms with E-state index in [0.29, 0.717) is 6.54 Å². The number of nitrogens with one attached hydrogen (secondary N) is 2. The summed E-state index contributed by atoms with van der Waals surface area (Å²) in [5, 5.41) is 5.85. The van der Waals surface area contributed by atoms with Gasteiger partial charge in [0.1, 0.15) is 11.6 Å². The Labute approximate surface area is 98.2 Å². The first kappa shape index (κ1) is 12.0. The lowest BCUT2D eigenvalue weighted by Crippen LogP contribution is -2.37. The highest BCUT2D eigenvalue weighted by molar-refractivity contribution is 5.79. The van der Waals surface area contributed by atoms with Crippen LogP contribution in [0.1, 0.15) is 12.0 Å². The highest BCUT2D eigenvalue weighted by Gasteiger charge is 2.18. The van der Waals surface area contributed by atoms with Gasteiger partial charge >= 0.3 is 0 Å². The summed E-state index contributed by atoms with van der Waals surface area (Å²) >= 11 is 0. The Hall–Kier alpha value is -1.49. The van der Waals surface area contributed by atoms with Crippen molar-refractivity contribution in [2.75, 3.05) is 13.1 Å². The molecule has 1 aromatic rings. The van der Waals surface area contributed by atoms with Gasteiger partial charge < -0.3 is 10.6 Å². The van der Waals surface area contributed by atoms with Crippen LogP contribution >= 0.6 is 0 Å². The van der Waals surface area contributed by atoms with Gasteiger partial charge in [-0.25, -0.2) is 8.78 Å². The number of hydrogen-bond donors (Lipinski definition) is 2. The zero-order chi connectivity index (χ0) is 12.3. The van der Waals surface area contributed by atoms with Crippen LogP contribution in [0.4, 0.5) is 8.78 Å². The van der Waals surface area contributed by atoms with E-state index in [0.717, 1.165) is 25.1 Å². The largest absolute Gasteiger partial charge is 0.352 e. The molecule has 0 saturated carbocycles. The lowest BCUT2D eigenvalue weighted by Gasteiger charge is -2.11. The molecule has 2 rings (SSSR count). The van der Waals surface area contributed by atoms with Crippen molar-refractivity contribution in [3.8, 4) is 0 Å². The lowest BCUT2D eigenvalue weighted by molar-refractivity contribution is -0.121. The number of rotatable bonds is 3. The first-order valence-electron chi connectivity index (χ1n) is 5.60. The molecule has 0 spiro atoms. The first-order chi connectivity index (χ1) is 8.16. The van der Waals surface area contributed by atoms with Gasteiger partial charge in [0.15, 0.2) is 0 Å². The van der Waals surface area contributed by atoms with E-state index in [4.69, 9.17) is 0 Å². The van der Waals surface area contributed by atoms with Crippen molar-refractivity contribution >= 4 is 5.91 Å². The molecular weight excluding hydrogens is 226 g/mol. The first-order valence-corrected chi connectivity index (χ1v) is 5.60. The molecule has 1 heterocycles. The van der Waals surface area contributed by atoms with Crippen LogP contribution in [0.5, 0.6) is 0 Å². The normalized spacial score (nSPS) is 19.3. The second-order valence-corrected chi connectivity index (χ2v) is 4.13. The number of hydrogen-bond acceptors (Lipinski definition) is 2. The molecule has 0 radical (unpaired) electrons. The third-order valence-electron chi connectivity index (χ3n) is 2.82. The fourth-order valence-electron chi connectivity index (χ4n) is 1.92. The average Bonchev–Trinajstić information content (AvgIpc) is 2.76. The summed E-state index contributed by atoms with van der Waals surface area (Å²) in [5.74, 6) is -1.70. The van der Waals surface area contributed by atoms with Crippen LogP contribution in [0.25, 0.3) is 0 Å². The van der Waals surface area contributed by atoms with E-state index in [1.165, 1.54) is 6.07 Å². The smallest absolute Gasteiger partial charge is 0.224 e. The van der Waals surface area contributed by atoms with Gasteiger partial charge in [0.2, 0.25) is 5.91 Å². The molecule has 17 heavy (non-hydrogen) atoms. The van der Waals surface area contributed by atoms with E-state index >= 15 is 0 Å². The van der Waals surface area contributed by atoms with Crippen LogP contribution < -0.4 is 10.6 Å². The monoisotopic (exact) mass is 240 g/mol. The molecule has 1 unspecified atom stereocenters. The van der Waals surface area contributed by atoms with Gasteiger partial charge in [-0.3, -0.25) is 4.79 Å². The molecule has 3 nitrogen and oxygen atoms in total. The molecule has 2 N–H and O–H groups in total. The van der Waals surface area contributed by atoms with Crippen molar-refractivity contribution in [1.29, 1.82) is 0 Å². The number of amides is 1. The summed E-state index contributed by atoms with van der Waals surface area (Å²) in [4.78, 5) is 11.6. The van der Waals surface area contributed by atoms with Crippen LogP contribution in [0, 0.1) is 11.6 Å². The Bertz CT molecular complexity index is 397. The number of benzene rings is 1. The van der Waals surface area contributed by atoms with Crippen molar-refractivity contribution in [3.63, 3.8) is 0 Å². The third-order valence-corrected chi connectivity index (χ3v) is 2.82. The van der Waals surface area contributed by atoms with Crippen LogP contribution in [-0.2, 0) is 11.2 Å². The summed E-state index contributed by atoms with van der Waals surface area (Å²) in [5.41, 5.74) is -0.170. The molecule has 92 valence electrons. The molecule has 1 aromatic carbocycles. The molecule has 5 heteroatoms. The maximum absolute atomic E-state index is 13.3. The van der Waals surface area contributed by atoms with Crippen molar-refractivity contribution in [2.45, 2.75) is 18.9 Å². The molecule has 0 aliphatic carbocycles. The van der Waals surface area contributed by atoms with E-state index in [-0.39, 0.29) is 23.9 Å². The van der Waals surface area contributed by atoms with E-state index < -0.39 is 11.6 Å². The molecular formula is C12H14F2N2O. The maximum atomic E-state index is 13.3. The van der Waals surface area contributed by atoms with Crippen LogP contribution in [0.15, 0.2) is 18.2 Å². The Balaban J connectivity index is 1.97. The van der Waals surface area contributed by atoms with E-state index in [2.05, 4.69) is 10.6 Å². The predicted octanol–water partition coefficient (Wildman–Crippen LogP) is 0.985. The fourth-order valence-corrected chi connectivity index (χ4v) is 1.92. The van der Waals surface area contributed by atoms with Crippen molar-refractivity contribution < 1.29 is 13.6 Å². The number of carbonyl (C=O) groups is 1. The quantitative estimate of drug-likeness (QED) is 0.827.